The van der Waals surface area contributed by atoms with Crippen LogP contribution in [0.4, 0.5) is 8.78 Å². The lowest BCUT2D eigenvalue weighted by Gasteiger charge is -1.99. The maximum atomic E-state index is 13.6. The highest BCUT2D eigenvalue weighted by molar-refractivity contribution is 7.17. The van der Waals surface area contributed by atoms with Crippen LogP contribution in [0, 0.1) is 11.6 Å². The Labute approximate surface area is 108 Å². The van der Waals surface area contributed by atoms with Crippen LogP contribution in [0.15, 0.2) is 30.3 Å². The summed E-state index contributed by atoms with van der Waals surface area (Å²) in [7, 11) is 0. The van der Waals surface area contributed by atoms with E-state index in [1.165, 1.54) is 11.3 Å². The van der Waals surface area contributed by atoms with Gasteiger partial charge in [-0.3, -0.25) is 4.79 Å². The molecule has 0 aliphatic heterocycles. The summed E-state index contributed by atoms with van der Waals surface area (Å²) in [6, 6.07) is 6.65. The van der Waals surface area contributed by atoms with Crippen LogP contribution in [0.2, 0.25) is 0 Å². The Morgan fingerprint density at radius 1 is 1.22 bits per heavy atom. The van der Waals surface area contributed by atoms with Crippen molar-refractivity contribution in [2.75, 3.05) is 0 Å². The van der Waals surface area contributed by atoms with Crippen molar-refractivity contribution in [3.8, 4) is 10.4 Å². The van der Waals surface area contributed by atoms with Gasteiger partial charge >= 0.3 is 0 Å². The van der Waals surface area contributed by atoms with E-state index in [-0.39, 0.29) is 11.3 Å². The fourth-order valence-corrected chi connectivity index (χ4v) is 2.66. The van der Waals surface area contributed by atoms with E-state index < -0.39 is 11.6 Å². The van der Waals surface area contributed by atoms with Crippen molar-refractivity contribution in [1.82, 2.24) is 0 Å². The van der Waals surface area contributed by atoms with E-state index in [2.05, 4.69) is 0 Å². The van der Waals surface area contributed by atoms with Crippen LogP contribution >= 0.6 is 11.3 Å². The van der Waals surface area contributed by atoms with Crippen molar-refractivity contribution < 1.29 is 13.6 Å². The van der Waals surface area contributed by atoms with Crippen molar-refractivity contribution in [2.24, 2.45) is 0 Å². The first-order chi connectivity index (χ1) is 8.61. The minimum Gasteiger partial charge on any atom is -0.293 e. The second-order valence-corrected chi connectivity index (χ2v) is 5.05. The summed E-state index contributed by atoms with van der Waals surface area (Å²) < 4.78 is 26.7. The predicted octanol–water partition coefficient (Wildman–Crippen LogP) is 4.68. The molecule has 0 amide bonds. The van der Waals surface area contributed by atoms with Gasteiger partial charge in [0.15, 0.2) is 5.78 Å². The molecule has 1 aromatic carbocycles. The molecule has 1 heterocycles. The van der Waals surface area contributed by atoms with Crippen molar-refractivity contribution in [3.05, 3.63) is 46.8 Å². The van der Waals surface area contributed by atoms with Gasteiger partial charge in [0.25, 0.3) is 0 Å². The molecule has 0 saturated carbocycles. The Balaban J connectivity index is 2.35. The van der Waals surface area contributed by atoms with Crippen molar-refractivity contribution in [1.29, 1.82) is 0 Å². The van der Waals surface area contributed by atoms with Gasteiger partial charge in [0, 0.05) is 16.9 Å². The summed E-state index contributed by atoms with van der Waals surface area (Å²) >= 11 is 1.20. The third-order valence-corrected chi connectivity index (χ3v) is 3.71. The highest BCUT2D eigenvalue weighted by Crippen LogP contribution is 2.31. The molecule has 0 spiro atoms. The van der Waals surface area contributed by atoms with Crippen LogP contribution in [0.25, 0.3) is 10.4 Å². The average Bonchev–Trinajstić information content (AvgIpc) is 2.82. The number of benzene rings is 1. The third-order valence-electron chi connectivity index (χ3n) is 2.55. The molecule has 4 heteroatoms. The quantitative estimate of drug-likeness (QED) is 0.734. The van der Waals surface area contributed by atoms with E-state index in [4.69, 9.17) is 0 Å². The normalized spacial score (nSPS) is 10.6. The molecule has 0 fully saturated rings. The number of halogens is 2. The second-order valence-electron chi connectivity index (χ2n) is 3.96. The lowest BCUT2D eigenvalue weighted by atomic mass is 10.1. The van der Waals surface area contributed by atoms with Gasteiger partial charge in [0.05, 0.1) is 4.88 Å². The van der Waals surface area contributed by atoms with Gasteiger partial charge in [-0.2, -0.15) is 0 Å². The maximum Gasteiger partial charge on any atom is 0.172 e. The first kappa shape index (κ1) is 12.9. The molecule has 94 valence electrons. The Hall–Kier alpha value is -1.55. The topological polar surface area (TPSA) is 17.1 Å². The van der Waals surface area contributed by atoms with Gasteiger partial charge in [-0.1, -0.05) is 6.92 Å². The van der Waals surface area contributed by atoms with Crippen LogP contribution in [0.5, 0.6) is 0 Å². The fourth-order valence-electron chi connectivity index (χ4n) is 1.67. The fraction of sp³-hybridized carbons (Fsp3) is 0.214. The van der Waals surface area contributed by atoms with Crippen LogP contribution < -0.4 is 0 Å². The van der Waals surface area contributed by atoms with E-state index in [9.17, 15) is 13.6 Å². The maximum absolute atomic E-state index is 13.6. The average molecular weight is 266 g/mol. The number of ketones is 1. The molecule has 0 N–H and O–H groups in total. The Bertz CT molecular complexity index is 575. The Morgan fingerprint density at radius 2 is 2.00 bits per heavy atom. The molecule has 2 rings (SSSR count). The summed E-state index contributed by atoms with van der Waals surface area (Å²) in [5.41, 5.74) is 0.204. The van der Waals surface area contributed by atoms with Gasteiger partial charge in [-0.25, -0.2) is 8.78 Å². The molecule has 0 aliphatic carbocycles. The van der Waals surface area contributed by atoms with E-state index in [0.29, 0.717) is 16.2 Å². The third kappa shape index (κ3) is 2.64. The Kier molecular flexibility index (Phi) is 3.87. The molecular weight excluding hydrogens is 254 g/mol. The van der Waals surface area contributed by atoms with Gasteiger partial charge in [-0.15, -0.1) is 11.3 Å². The molecule has 0 atom stereocenters. The summed E-state index contributed by atoms with van der Waals surface area (Å²) in [5.74, 6) is -0.917. The molecule has 0 radical (unpaired) electrons. The molecule has 18 heavy (non-hydrogen) atoms. The lowest BCUT2D eigenvalue weighted by molar-refractivity contribution is 0.0985. The van der Waals surface area contributed by atoms with E-state index in [0.717, 1.165) is 24.6 Å². The number of hydrogen-bond donors (Lipinski definition) is 0. The first-order valence-corrected chi connectivity index (χ1v) is 6.52. The zero-order chi connectivity index (χ0) is 13.1. The number of carbonyl (C=O) groups excluding carboxylic acids is 1. The van der Waals surface area contributed by atoms with Crippen LogP contribution in [0.1, 0.15) is 29.4 Å². The molecule has 0 bridgehead atoms. The summed E-state index contributed by atoms with van der Waals surface area (Å²) in [4.78, 5) is 12.9. The first-order valence-electron chi connectivity index (χ1n) is 5.70. The monoisotopic (exact) mass is 266 g/mol. The van der Waals surface area contributed by atoms with Gasteiger partial charge in [0.1, 0.15) is 11.6 Å². The van der Waals surface area contributed by atoms with E-state index in [1.807, 2.05) is 6.92 Å². The summed E-state index contributed by atoms with van der Waals surface area (Å²) in [6.07, 6.45) is 1.26. The number of Topliss-reactive ketones (excluding diaryl/α,β-unsaturated/α-hetero) is 1. The standard InChI is InChI=1S/C14H12F2OS/c1-2-3-12(17)14-7-6-13(18-14)10-8-9(15)4-5-11(10)16/h4-8H,2-3H2,1H3. The van der Waals surface area contributed by atoms with Gasteiger partial charge < -0.3 is 0 Å². The smallest absolute Gasteiger partial charge is 0.172 e. The minimum absolute atomic E-state index is 0.0468. The highest BCUT2D eigenvalue weighted by Gasteiger charge is 2.12. The zero-order valence-corrected chi connectivity index (χ0v) is 10.7. The van der Waals surface area contributed by atoms with Gasteiger partial charge in [-0.05, 0) is 36.8 Å². The van der Waals surface area contributed by atoms with Crippen LogP contribution in [-0.2, 0) is 0 Å². The largest absolute Gasteiger partial charge is 0.293 e. The van der Waals surface area contributed by atoms with E-state index in [1.54, 1.807) is 12.1 Å². The number of rotatable bonds is 4. The second kappa shape index (κ2) is 5.40. The van der Waals surface area contributed by atoms with E-state index >= 15 is 0 Å². The zero-order valence-electron chi connectivity index (χ0n) is 9.87. The molecule has 0 saturated heterocycles. The molecule has 0 aliphatic rings. The molecule has 2 aromatic rings. The molecule has 0 unspecified atom stereocenters. The molecule has 1 aromatic heterocycles. The molecular formula is C14H12F2OS. The SMILES string of the molecule is CCCC(=O)c1ccc(-c2cc(F)ccc2F)s1. The van der Waals surface area contributed by atoms with Crippen LogP contribution in [0.3, 0.4) is 0 Å². The van der Waals surface area contributed by atoms with Crippen molar-refractivity contribution >= 4 is 17.1 Å². The summed E-state index contributed by atoms with van der Waals surface area (Å²) in [5, 5.41) is 0. The number of hydrogen-bond acceptors (Lipinski definition) is 2. The minimum atomic E-state index is -0.485. The number of thiophene rings is 1. The van der Waals surface area contributed by atoms with Crippen LogP contribution in [-0.4, -0.2) is 5.78 Å². The van der Waals surface area contributed by atoms with Crippen molar-refractivity contribution in [3.63, 3.8) is 0 Å². The lowest BCUT2D eigenvalue weighted by Crippen LogP contribution is -1.93. The van der Waals surface area contributed by atoms with Crippen molar-refractivity contribution in [2.45, 2.75) is 19.8 Å². The van der Waals surface area contributed by atoms with Gasteiger partial charge in [0.2, 0.25) is 0 Å². The Morgan fingerprint density at radius 3 is 2.72 bits per heavy atom. The summed E-state index contributed by atoms with van der Waals surface area (Å²) in [6.45, 7) is 1.93. The molecule has 1 nitrogen and oxygen atoms in total. The predicted molar refractivity (Wildman–Crippen MR) is 68.9 cm³/mol. The number of carbonyl (C=O) groups is 1. The highest BCUT2D eigenvalue weighted by atomic mass is 32.1.